The number of nitrogens with one attached hydrogen (secondary N) is 3. The number of benzene rings is 1. The fourth-order valence-electron chi connectivity index (χ4n) is 3.30. The number of anilines is 2. The number of aliphatic hydroxyl groups excluding tert-OH is 1. The minimum absolute atomic E-state index is 0.152. The van der Waals surface area contributed by atoms with E-state index >= 15 is 0 Å². The van der Waals surface area contributed by atoms with Gasteiger partial charge in [-0.3, -0.25) is 15.2 Å². The van der Waals surface area contributed by atoms with Gasteiger partial charge in [-0.05, 0) is 35.9 Å². The summed E-state index contributed by atoms with van der Waals surface area (Å²) in [5.41, 5.74) is 5.72. The third-order valence-electron chi connectivity index (χ3n) is 4.90. The number of hydrogen-bond donors (Lipinski definition) is 4. The Morgan fingerprint density at radius 2 is 2.03 bits per heavy atom. The molecule has 0 saturated carbocycles. The summed E-state index contributed by atoms with van der Waals surface area (Å²) < 4.78 is 14.7. The lowest BCUT2D eigenvalue weighted by Gasteiger charge is -2.24. The normalized spacial score (nSPS) is 16.0. The van der Waals surface area contributed by atoms with Crippen LogP contribution < -0.4 is 21.0 Å². The van der Waals surface area contributed by atoms with Crippen LogP contribution >= 0.6 is 0 Å². The van der Waals surface area contributed by atoms with Crippen molar-refractivity contribution in [2.75, 3.05) is 49.5 Å². The summed E-state index contributed by atoms with van der Waals surface area (Å²) in [7, 11) is 0. The Morgan fingerprint density at radius 1 is 1.23 bits per heavy atom. The maximum Gasteiger partial charge on any atom is 0.216 e. The zero-order chi connectivity index (χ0) is 21.3. The predicted octanol–water partition coefficient (Wildman–Crippen LogP) is 0.956. The molecule has 8 nitrogen and oxygen atoms in total. The Bertz CT molecular complexity index is 822. The molecule has 1 amide bonds. The highest BCUT2D eigenvalue weighted by molar-refractivity contribution is 5.72. The van der Waals surface area contributed by atoms with E-state index in [1.165, 1.54) is 18.6 Å². The molecule has 1 aromatic heterocycles. The van der Waals surface area contributed by atoms with Crippen LogP contribution in [0.5, 0.6) is 0 Å². The summed E-state index contributed by atoms with van der Waals surface area (Å²) in [5, 5.41) is 17.5. The van der Waals surface area contributed by atoms with Gasteiger partial charge in [0.2, 0.25) is 5.91 Å². The van der Waals surface area contributed by atoms with Crippen molar-refractivity contribution >= 4 is 17.3 Å². The smallest absolute Gasteiger partial charge is 0.216 e. The van der Waals surface area contributed by atoms with Crippen molar-refractivity contribution in [2.24, 2.45) is 0 Å². The summed E-state index contributed by atoms with van der Waals surface area (Å²) in [6.45, 7) is 5.42. The lowest BCUT2D eigenvalue weighted by Crippen LogP contribution is -2.38. The fourth-order valence-corrected chi connectivity index (χ4v) is 3.30. The first-order chi connectivity index (χ1) is 14.5. The molecule has 1 fully saturated rings. The predicted molar refractivity (Wildman–Crippen MR) is 114 cm³/mol. The van der Waals surface area contributed by atoms with E-state index in [0.717, 1.165) is 19.6 Å². The number of hydrogen-bond acceptors (Lipinski definition) is 7. The molecule has 9 heteroatoms. The van der Waals surface area contributed by atoms with Crippen molar-refractivity contribution < 1.29 is 14.3 Å². The molecule has 1 aliphatic rings. The molecule has 1 aromatic carbocycles. The second kappa shape index (κ2) is 10.9. The molecule has 0 bridgehead atoms. The molecule has 1 atom stereocenters. The van der Waals surface area contributed by atoms with Crippen LogP contribution in [0.2, 0.25) is 0 Å². The van der Waals surface area contributed by atoms with Gasteiger partial charge >= 0.3 is 0 Å². The lowest BCUT2D eigenvalue weighted by molar-refractivity contribution is -0.119. The Labute approximate surface area is 176 Å². The minimum Gasteiger partial charge on any atom is -0.389 e. The molecule has 0 aliphatic carbocycles. The van der Waals surface area contributed by atoms with Gasteiger partial charge in [0.25, 0.3) is 0 Å². The van der Waals surface area contributed by atoms with E-state index in [9.17, 15) is 14.3 Å². The first-order valence-corrected chi connectivity index (χ1v) is 10.1. The molecule has 2 aromatic rings. The molecule has 0 spiro atoms. The second-order valence-corrected chi connectivity index (χ2v) is 7.31. The largest absolute Gasteiger partial charge is 0.389 e. The molecule has 162 valence electrons. The monoisotopic (exact) mass is 416 g/mol. The summed E-state index contributed by atoms with van der Waals surface area (Å²) in [6.07, 6.45) is 2.81. The average Bonchev–Trinajstić information content (AvgIpc) is 2.97. The van der Waals surface area contributed by atoms with Gasteiger partial charge in [0.15, 0.2) is 0 Å². The molecule has 4 N–H and O–H groups in total. The summed E-state index contributed by atoms with van der Waals surface area (Å²) in [5.74, 6) is -0.505. The van der Waals surface area contributed by atoms with Crippen molar-refractivity contribution in [1.82, 2.24) is 20.7 Å². The maximum atomic E-state index is 14.7. The van der Waals surface area contributed by atoms with Crippen LogP contribution in [0.1, 0.15) is 12.5 Å². The van der Waals surface area contributed by atoms with Crippen LogP contribution in [0, 0.1) is 5.82 Å². The standard InChI is InChI=1S/C21H29FN6O2/c1-16(29)24-13-19(30)14-25-18-2-3-21(20(22)12-18)27-9-8-26-28(11-10-27)15-17-4-6-23-7-5-17/h2-7,12,19,25-26,30H,8-11,13-15H2,1H3,(H,24,29)/t19-/m0/s1. The van der Waals surface area contributed by atoms with Crippen LogP contribution in [0.3, 0.4) is 0 Å². The number of aliphatic hydroxyl groups is 1. The van der Waals surface area contributed by atoms with Crippen molar-refractivity contribution in [1.29, 1.82) is 0 Å². The maximum absolute atomic E-state index is 14.7. The molecule has 0 unspecified atom stereocenters. The van der Waals surface area contributed by atoms with Crippen LogP contribution in [0.4, 0.5) is 15.8 Å². The SMILES string of the molecule is CC(=O)NC[C@H](O)CNc1ccc(N2CCNN(Cc3ccncc3)CC2)c(F)c1. The Balaban J connectivity index is 1.52. The highest BCUT2D eigenvalue weighted by atomic mass is 19.1. The molecule has 3 rings (SSSR count). The van der Waals surface area contributed by atoms with E-state index in [4.69, 9.17) is 0 Å². The minimum atomic E-state index is -0.750. The van der Waals surface area contributed by atoms with E-state index < -0.39 is 6.10 Å². The van der Waals surface area contributed by atoms with Gasteiger partial charge in [-0.2, -0.15) is 0 Å². The zero-order valence-corrected chi connectivity index (χ0v) is 17.1. The van der Waals surface area contributed by atoms with Gasteiger partial charge in [-0.25, -0.2) is 9.40 Å². The van der Waals surface area contributed by atoms with Gasteiger partial charge in [-0.1, -0.05) is 0 Å². The van der Waals surface area contributed by atoms with Crippen molar-refractivity contribution in [3.63, 3.8) is 0 Å². The number of nitrogens with zero attached hydrogens (tertiary/aromatic N) is 3. The molecule has 2 heterocycles. The van der Waals surface area contributed by atoms with Crippen LogP contribution in [-0.2, 0) is 11.3 Å². The highest BCUT2D eigenvalue weighted by Crippen LogP contribution is 2.23. The number of carbonyl (C=O) groups excluding carboxylic acids is 1. The summed E-state index contributed by atoms with van der Waals surface area (Å²) in [6, 6.07) is 8.98. The van der Waals surface area contributed by atoms with E-state index in [1.54, 1.807) is 24.5 Å². The first-order valence-electron chi connectivity index (χ1n) is 10.1. The van der Waals surface area contributed by atoms with Crippen molar-refractivity contribution in [3.05, 3.63) is 54.1 Å². The zero-order valence-electron chi connectivity index (χ0n) is 17.1. The van der Waals surface area contributed by atoms with Gasteiger partial charge in [-0.15, -0.1) is 0 Å². The number of aromatic nitrogens is 1. The topological polar surface area (TPSA) is 92.8 Å². The first kappa shape index (κ1) is 21.9. The quantitative estimate of drug-likeness (QED) is 0.509. The van der Waals surface area contributed by atoms with E-state index in [-0.39, 0.29) is 24.8 Å². The van der Waals surface area contributed by atoms with Gasteiger partial charge in [0, 0.05) is 70.8 Å². The van der Waals surface area contributed by atoms with Crippen LogP contribution in [0.15, 0.2) is 42.7 Å². The third kappa shape index (κ3) is 6.65. The number of pyridine rings is 1. The van der Waals surface area contributed by atoms with Crippen molar-refractivity contribution in [2.45, 2.75) is 19.6 Å². The van der Waals surface area contributed by atoms with Crippen LogP contribution in [-0.4, -0.2) is 66.4 Å². The van der Waals surface area contributed by atoms with Crippen LogP contribution in [0.25, 0.3) is 0 Å². The van der Waals surface area contributed by atoms with E-state index in [1.807, 2.05) is 17.0 Å². The van der Waals surface area contributed by atoms with E-state index in [2.05, 4.69) is 26.1 Å². The van der Waals surface area contributed by atoms with Crippen molar-refractivity contribution in [3.8, 4) is 0 Å². The lowest BCUT2D eigenvalue weighted by atomic mass is 10.2. The number of carbonyl (C=O) groups is 1. The molecule has 1 saturated heterocycles. The average molecular weight is 417 g/mol. The van der Waals surface area contributed by atoms with Gasteiger partial charge in [0.1, 0.15) is 5.82 Å². The summed E-state index contributed by atoms with van der Waals surface area (Å²) in [4.78, 5) is 17.0. The Morgan fingerprint density at radius 3 is 2.77 bits per heavy atom. The molecule has 0 radical (unpaired) electrons. The molecule has 30 heavy (non-hydrogen) atoms. The van der Waals surface area contributed by atoms with Gasteiger partial charge < -0.3 is 20.6 Å². The molecular formula is C21H29FN6O2. The second-order valence-electron chi connectivity index (χ2n) is 7.31. The summed E-state index contributed by atoms with van der Waals surface area (Å²) >= 11 is 0. The molecule has 1 aliphatic heterocycles. The Hall–Kier alpha value is -2.75. The van der Waals surface area contributed by atoms with E-state index in [0.29, 0.717) is 24.5 Å². The highest BCUT2D eigenvalue weighted by Gasteiger charge is 2.18. The molecular weight excluding hydrogens is 387 g/mol. The third-order valence-corrected chi connectivity index (χ3v) is 4.90. The number of rotatable bonds is 8. The Kier molecular flexibility index (Phi) is 7.95. The number of hydrazine groups is 1. The number of halogens is 1. The fraction of sp³-hybridized carbons (Fsp3) is 0.429. The van der Waals surface area contributed by atoms with Gasteiger partial charge in [0.05, 0.1) is 11.8 Å². The number of amides is 1.